The van der Waals surface area contributed by atoms with Crippen LogP contribution in [0.4, 0.5) is 0 Å². The van der Waals surface area contributed by atoms with Crippen molar-refractivity contribution < 1.29 is 9.90 Å². The van der Waals surface area contributed by atoms with Gasteiger partial charge in [0.1, 0.15) is 11.8 Å². The SMILES string of the molecule is N#Cc1cc(C(=O)c2cc(Cl)ccc2O)cn2cc(-c3ccccc3)nc12. The smallest absolute Gasteiger partial charge is 0.198 e. The molecular weight excluding hydrogens is 362 g/mol. The van der Waals surface area contributed by atoms with Crippen molar-refractivity contribution in [1.82, 2.24) is 9.38 Å². The number of phenols is 1. The number of imidazole rings is 1. The van der Waals surface area contributed by atoms with E-state index in [0.717, 1.165) is 5.56 Å². The van der Waals surface area contributed by atoms with Gasteiger partial charge < -0.3 is 9.51 Å². The number of pyridine rings is 1. The minimum absolute atomic E-state index is 0.0779. The number of hydrogen-bond acceptors (Lipinski definition) is 4. The number of carbonyl (C=O) groups excluding carboxylic acids is 1. The van der Waals surface area contributed by atoms with Gasteiger partial charge in [-0.15, -0.1) is 0 Å². The maximum atomic E-state index is 12.8. The number of fused-ring (bicyclic) bond motifs is 1. The first kappa shape index (κ1) is 16.8. The molecule has 1 N–H and O–H groups in total. The van der Waals surface area contributed by atoms with Crippen LogP contribution in [0.3, 0.4) is 0 Å². The Kier molecular flexibility index (Phi) is 4.11. The number of rotatable bonds is 3. The predicted octanol–water partition coefficient (Wildman–Crippen LogP) is 4.46. The summed E-state index contributed by atoms with van der Waals surface area (Å²) in [4.78, 5) is 17.4. The van der Waals surface area contributed by atoms with E-state index in [1.54, 1.807) is 16.8 Å². The zero-order chi connectivity index (χ0) is 19.0. The summed E-state index contributed by atoms with van der Waals surface area (Å²) in [5.41, 5.74) is 2.67. The molecule has 0 amide bonds. The molecule has 0 saturated heterocycles. The highest BCUT2D eigenvalue weighted by Gasteiger charge is 2.18. The van der Waals surface area contributed by atoms with E-state index in [2.05, 4.69) is 11.1 Å². The molecule has 0 unspecified atom stereocenters. The van der Waals surface area contributed by atoms with Gasteiger partial charge >= 0.3 is 0 Å². The summed E-state index contributed by atoms with van der Waals surface area (Å²) in [5, 5.41) is 19.8. The second kappa shape index (κ2) is 6.60. The van der Waals surface area contributed by atoms with Crippen LogP contribution in [0.25, 0.3) is 16.9 Å². The minimum Gasteiger partial charge on any atom is -0.507 e. The molecule has 2 aromatic heterocycles. The Morgan fingerprint density at radius 3 is 2.63 bits per heavy atom. The highest BCUT2D eigenvalue weighted by molar-refractivity contribution is 6.31. The van der Waals surface area contributed by atoms with Crippen LogP contribution in [0.5, 0.6) is 5.75 Å². The fraction of sp³-hybridized carbons (Fsp3) is 0. The van der Waals surface area contributed by atoms with Crippen molar-refractivity contribution in [2.24, 2.45) is 0 Å². The highest BCUT2D eigenvalue weighted by Crippen LogP contribution is 2.26. The third-order valence-corrected chi connectivity index (χ3v) is 4.44. The molecule has 6 heteroatoms. The number of hydrogen-bond donors (Lipinski definition) is 1. The summed E-state index contributed by atoms with van der Waals surface area (Å²) in [5.74, 6) is -0.595. The number of carbonyl (C=O) groups is 1. The van der Waals surface area contributed by atoms with Gasteiger partial charge in [0.25, 0.3) is 0 Å². The van der Waals surface area contributed by atoms with E-state index < -0.39 is 5.78 Å². The lowest BCUT2D eigenvalue weighted by Gasteiger charge is -2.06. The van der Waals surface area contributed by atoms with Gasteiger partial charge in [-0.2, -0.15) is 5.26 Å². The number of phenolic OH excluding ortho intramolecular Hbond substituents is 1. The molecule has 5 nitrogen and oxygen atoms in total. The number of aromatic hydroxyl groups is 1. The first-order chi connectivity index (χ1) is 13.1. The van der Waals surface area contributed by atoms with Gasteiger partial charge in [0.2, 0.25) is 0 Å². The zero-order valence-electron chi connectivity index (χ0n) is 13.9. The molecule has 0 aliphatic rings. The molecule has 27 heavy (non-hydrogen) atoms. The standard InChI is InChI=1S/C21H12ClN3O2/c22-16-6-7-19(26)17(9-16)20(27)15-8-14(10-23)21-24-18(12-25(21)11-15)13-4-2-1-3-5-13/h1-9,11-12,26H. The third-order valence-electron chi connectivity index (χ3n) is 4.21. The van der Waals surface area contributed by atoms with Crippen LogP contribution in [-0.4, -0.2) is 20.3 Å². The van der Waals surface area contributed by atoms with E-state index >= 15 is 0 Å². The number of nitrogens with zero attached hydrogens (tertiary/aromatic N) is 3. The molecule has 130 valence electrons. The Balaban J connectivity index is 1.87. The monoisotopic (exact) mass is 373 g/mol. The average molecular weight is 374 g/mol. The average Bonchev–Trinajstić information content (AvgIpc) is 3.13. The third kappa shape index (κ3) is 3.03. The topological polar surface area (TPSA) is 78.4 Å². The molecular formula is C21H12ClN3O2. The Labute approximate surface area is 159 Å². The van der Waals surface area contributed by atoms with Gasteiger partial charge in [-0.1, -0.05) is 41.9 Å². The summed E-state index contributed by atoms with van der Waals surface area (Å²) < 4.78 is 1.65. The lowest BCUT2D eigenvalue weighted by atomic mass is 10.0. The molecule has 0 fully saturated rings. The fourth-order valence-electron chi connectivity index (χ4n) is 2.90. The van der Waals surface area contributed by atoms with Crippen LogP contribution < -0.4 is 0 Å². The van der Waals surface area contributed by atoms with Crippen LogP contribution in [-0.2, 0) is 0 Å². The number of halogens is 1. The molecule has 0 spiro atoms. The molecule has 0 aliphatic carbocycles. The largest absolute Gasteiger partial charge is 0.507 e. The van der Waals surface area contributed by atoms with E-state index in [4.69, 9.17) is 11.6 Å². The molecule has 0 aliphatic heterocycles. The van der Waals surface area contributed by atoms with Crippen LogP contribution in [0.1, 0.15) is 21.5 Å². The van der Waals surface area contributed by atoms with Gasteiger partial charge in [-0.05, 0) is 24.3 Å². The molecule has 0 bridgehead atoms. The Hall–Kier alpha value is -3.62. The van der Waals surface area contributed by atoms with E-state index in [-0.39, 0.29) is 22.4 Å². The Morgan fingerprint density at radius 1 is 1.11 bits per heavy atom. The second-order valence-corrected chi connectivity index (χ2v) is 6.40. The summed E-state index contributed by atoms with van der Waals surface area (Å²) in [7, 11) is 0. The van der Waals surface area contributed by atoms with Crippen molar-refractivity contribution in [3.8, 4) is 23.1 Å². The first-order valence-corrected chi connectivity index (χ1v) is 8.46. The van der Waals surface area contributed by atoms with Crippen LogP contribution >= 0.6 is 11.6 Å². The van der Waals surface area contributed by atoms with E-state index in [1.807, 2.05) is 30.3 Å². The van der Waals surface area contributed by atoms with Crippen molar-refractivity contribution in [1.29, 1.82) is 5.26 Å². The van der Waals surface area contributed by atoms with Crippen molar-refractivity contribution in [2.45, 2.75) is 0 Å². The quantitative estimate of drug-likeness (QED) is 0.537. The van der Waals surface area contributed by atoms with E-state index in [1.165, 1.54) is 24.3 Å². The Bertz CT molecular complexity index is 1220. The molecule has 4 aromatic rings. The summed E-state index contributed by atoms with van der Waals surface area (Å²) in [6.45, 7) is 0. The van der Waals surface area contributed by atoms with Crippen LogP contribution in [0.2, 0.25) is 5.02 Å². The summed E-state index contributed by atoms with van der Waals surface area (Å²) in [6, 6.07) is 17.4. The van der Waals surface area contributed by atoms with Crippen molar-refractivity contribution in [2.75, 3.05) is 0 Å². The van der Waals surface area contributed by atoms with Gasteiger partial charge in [0, 0.05) is 28.5 Å². The van der Waals surface area contributed by atoms with Crippen LogP contribution in [0, 0.1) is 11.3 Å². The maximum Gasteiger partial charge on any atom is 0.198 e. The number of nitriles is 1. The summed E-state index contributed by atoms with van der Waals surface area (Å²) >= 11 is 5.94. The molecule has 0 saturated carbocycles. The molecule has 0 radical (unpaired) electrons. The van der Waals surface area contributed by atoms with E-state index in [0.29, 0.717) is 16.4 Å². The summed E-state index contributed by atoms with van der Waals surface area (Å²) in [6.07, 6.45) is 3.36. The van der Waals surface area contributed by atoms with Crippen molar-refractivity contribution in [3.05, 3.63) is 88.7 Å². The van der Waals surface area contributed by atoms with Gasteiger partial charge in [0.05, 0.1) is 16.8 Å². The Morgan fingerprint density at radius 2 is 1.89 bits per heavy atom. The van der Waals surface area contributed by atoms with Crippen molar-refractivity contribution >= 4 is 23.0 Å². The zero-order valence-corrected chi connectivity index (χ0v) is 14.7. The number of benzene rings is 2. The molecule has 2 aromatic carbocycles. The van der Waals surface area contributed by atoms with Gasteiger partial charge in [0.15, 0.2) is 11.4 Å². The lowest BCUT2D eigenvalue weighted by molar-refractivity contribution is 0.103. The maximum absolute atomic E-state index is 12.8. The van der Waals surface area contributed by atoms with Crippen molar-refractivity contribution in [3.63, 3.8) is 0 Å². The van der Waals surface area contributed by atoms with E-state index in [9.17, 15) is 15.2 Å². The number of aromatic nitrogens is 2. The lowest BCUT2D eigenvalue weighted by Crippen LogP contribution is -2.04. The minimum atomic E-state index is -0.427. The van der Waals surface area contributed by atoms with Gasteiger partial charge in [-0.25, -0.2) is 4.98 Å². The first-order valence-electron chi connectivity index (χ1n) is 8.08. The molecule has 2 heterocycles. The second-order valence-electron chi connectivity index (χ2n) is 5.97. The molecule has 4 rings (SSSR count). The molecule has 0 atom stereocenters. The number of ketones is 1. The van der Waals surface area contributed by atoms with Crippen LogP contribution in [0.15, 0.2) is 67.0 Å². The normalized spacial score (nSPS) is 10.7. The predicted molar refractivity (Wildman–Crippen MR) is 102 cm³/mol. The van der Waals surface area contributed by atoms with Gasteiger partial charge in [-0.3, -0.25) is 4.79 Å². The fourth-order valence-corrected chi connectivity index (χ4v) is 3.07. The highest BCUT2D eigenvalue weighted by atomic mass is 35.5.